The molecule has 1 rings (SSSR count). The minimum absolute atomic E-state index is 0.0669. The van der Waals surface area contributed by atoms with Gasteiger partial charge in [0.1, 0.15) is 0 Å². The third kappa shape index (κ3) is 5.38. The summed E-state index contributed by atoms with van der Waals surface area (Å²) in [6.07, 6.45) is 2.64. The highest BCUT2D eigenvalue weighted by Crippen LogP contribution is 2.15. The van der Waals surface area contributed by atoms with Crippen LogP contribution in [-0.4, -0.2) is 41.8 Å². The van der Waals surface area contributed by atoms with Crippen LogP contribution in [0.3, 0.4) is 0 Å². The second kappa shape index (κ2) is 7.37. The van der Waals surface area contributed by atoms with Gasteiger partial charge in [-0.3, -0.25) is 4.79 Å². The molecule has 0 saturated carbocycles. The molecule has 0 bridgehead atoms. The Morgan fingerprint density at radius 2 is 2.24 bits per heavy atom. The average molecular weight is 305 g/mol. The third-order valence-electron chi connectivity index (χ3n) is 3.30. The molecule has 2 atom stereocenters. The van der Waals surface area contributed by atoms with E-state index in [1.807, 2.05) is 13.8 Å². The smallest absolute Gasteiger partial charge is 0.234 e. The number of hydrogen-bond donors (Lipinski definition) is 1. The molecule has 1 amide bonds. The van der Waals surface area contributed by atoms with Crippen molar-refractivity contribution in [2.24, 2.45) is 11.8 Å². The topological polar surface area (TPSA) is 32.3 Å². The van der Waals surface area contributed by atoms with Crippen molar-refractivity contribution < 1.29 is 4.79 Å². The lowest BCUT2D eigenvalue weighted by Crippen LogP contribution is -2.42. The Balaban J connectivity index is 2.16. The predicted octanol–water partition coefficient (Wildman–Crippen LogP) is 2.25. The van der Waals surface area contributed by atoms with Gasteiger partial charge in [-0.25, -0.2) is 0 Å². The monoisotopic (exact) mass is 304 g/mol. The normalized spacial score (nSPS) is 23.7. The summed E-state index contributed by atoms with van der Waals surface area (Å²) in [4.78, 5) is 14.1. The number of nitrogens with zero attached hydrogens (tertiary/aromatic N) is 1. The van der Waals surface area contributed by atoms with E-state index in [0.717, 1.165) is 19.0 Å². The SMILES string of the molecule is CC1CCCN(CCNC(=O)C(Br)C(C)C)C1. The van der Waals surface area contributed by atoms with Crippen molar-refractivity contribution in [2.75, 3.05) is 26.2 Å². The van der Waals surface area contributed by atoms with Gasteiger partial charge in [-0.05, 0) is 31.2 Å². The molecule has 1 aliphatic rings. The van der Waals surface area contributed by atoms with E-state index in [9.17, 15) is 4.79 Å². The van der Waals surface area contributed by atoms with Crippen LogP contribution >= 0.6 is 15.9 Å². The average Bonchev–Trinajstić information content (AvgIpc) is 2.27. The predicted molar refractivity (Wildman–Crippen MR) is 75.4 cm³/mol. The summed E-state index contributed by atoms with van der Waals surface area (Å²) in [6, 6.07) is 0. The number of alkyl halides is 1. The van der Waals surface area contributed by atoms with Crippen molar-refractivity contribution in [3.63, 3.8) is 0 Å². The molecule has 0 radical (unpaired) electrons. The van der Waals surface area contributed by atoms with Crippen molar-refractivity contribution in [2.45, 2.75) is 38.4 Å². The summed E-state index contributed by atoms with van der Waals surface area (Å²) in [5.74, 6) is 1.26. The molecule has 1 fully saturated rings. The van der Waals surface area contributed by atoms with E-state index in [1.54, 1.807) is 0 Å². The maximum Gasteiger partial charge on any atom is 0.234 e. The first-order valence-electron chi connectivity index (χ1n) is 6.65. The van der Waals surface area contributed by atoms with Gasteiger partial charge in [0.15, 0.2) is 0 Å². The van der Waals surface area contributed by atoms with Gasteiger partial charge >= 0.3 is 0 Å². The summed E-state index contributed by atoms with van der Waals surface area (Å²) in [7, 11) is 0. The van der Waals surface area contributed by atoms with Crippen LogP contribution in [0.25, 0.3) is 0 Å². The minimum Gasteiger partial charge on any atom is -0.354 e. The molecule has 1 aliphatic heterocycles. The fraction of sp³-hybridized carbons (Fsp3) is 0.923. The Kier molecular flexibility index (Phi) is 6.49. The van der Waals surface area contributed by atoms with Crippen molar-refractivity contribution in [3.8, 4) is 0 Å². The second-order valence-electron chi connectivity index (χ2n) is 5.48. The summed E-state index contributed by atoms with van der Waals surface area (Å²) in [5, 5.41) is 3.00. The van der Waals surface area contributed by atoms with Crippen molar-refractivity contribution in [1.82, 2.24) is 10.2 Å². The molecule has 1 heterocycles. The Bertz CT molecular complexity index is 246. The van der Waals surface area contributed by atoms with Crippen LogP contribution < -0.4 is 5.32 Å². The van der Waals surface area contributed by atoms with Gasteiger partial charge in [0, 0.05) is 19.6 Å². The molecule has 100 valence electrons. The standard InChI is InChI=1S/C13H25BrN2O/c1-10(2)12(14)13(17)15-6-8-16-7-4-5-11(3)9-16/h10-12H,4-9H2,1-3H3,(H,15,17). The van der Waals surface area contributed by atoms with Gasteiger partial charge < -0.3 is 10.2 Å². The lowest BCUT2D eigenvalue weighted by atomic mass is 10.0. The van der Waals surface area contributed by atoms with E-state index in [-0.39, 0.29) is 10.7 Å². The Morgan fingerprint density at radius 3 is 2.82 bits per heavy atom. The van der Waals surface area contributed by atoms with Gasteiger partial charge in [-0.2, -0.15) is 0 Å². The van der Waals surface area contributed by atoms with Gasteiger partial charge in [0.25, 0.3) is 0 Å². The molecule has 0 aromatic heterocycles. The molecule has 0 aromatic carbocycles. The van der Waals surface area contributed by atoms with Crippen LogP contribution in [0.4, 0.5) is 0 Å². The van der Waals surface area contributed by atoms with Crippen molar-refractivity contribution >= 4 is 21.8 Å². The summed E-state index contributed by atoms with van der Waals surface area (Å²) in [6.45, 7) is 10.5. The number of carbonyl (C=O) groups is 1. The van der Waals surface area contributed by atoms with Crippen LogP contribution in [0.5, 0.6) is 0 Å². The Hall–Kier alpha value is -0.0900. The quantitative estimate of drug-likeness (QED) is 0.790. The van der Waals surface area contributed by atoms with Crippen molar-refractivity contribution in [1.29, 1.82) is 0 Å². The number of amides is 1. The van der Waals surface area contributed by atoms with Crippen LogP contribution in [0, 0.1) is 11.8 Å². The maximum absolute atomic E-state index is 11.7. The summed E-state index contributed by atoms with van der Waals surface area (Å²) < 4.78 is 0. The van der Waals surface area contributed by atoms with Crippen LogP contribution in [0.1, 0.15) is 33.6 Å². The first kappa shape index (κ1) is 15.0. The highest BCUT2D eigenvalue weighted by Gasteiger charge is 2.19. The molecule has 3 nitrogen and oxygen atoms in total. The first-order chi connectivity index (χ1) is 8.00. The largest absolute Gasteiger partial charge is 0.354 e. The van der Waals surface area contributed by atoms with E-state index in [0.29, 0.717) is 5.92 Å². The summed E-state index contributed by atoms with van der Waals surface area (Å²) in [5.41, 5.74) is 0. The number of nitrogens with one attached hydrogen (secondary N) is 1. The fourth-order valence-electron chi connectivity index (χ4n) is 2.23. The minimum atomic E-state index is -0.0669. The molecule has 2 unspecified atom stereocenters. The molecule has 0 aromatic rings. The lowest BCUT2D eigenvalue weighted by molar-refractivity contribution is -0.121. The van der Waals surface area contributed by atoms with E-state index >= 15 is 0 Å². The van der Waals surface area contributed by atoms with E-state index in [4.69, 9.17) is 0 Å². The zero-order valence-electron chi connectivity index (χ0n) is 11.2. The third-order valence-corrected chi connectivity index (χ3v) is 4.78. The molecule has 0 aliphatic carbocycles. The number of hydrogen-bond acceptors (Lipinski definition) is 2. The Morgan fingerprint density at radius 1 is 1.53 bits per heavy atom. The second-order valence-corrected chi connectivity index (χ2v) is 6.47. The van der Waals surface area contributed by atoms with E-state index in [2.05, 4.69) is 33.1 Å². The summed E-state index contributed by atoms with van der Waals surface area (Å²) >= 11 is 3.42. The highest BCUT2D eigenvalue weighted by atomic mass is 79.9. The van der Waals surface area contributed by atoms with Crippen LogP contribution in [0.2, 0.25) is 0 Å². The molecule has 4 heteroatoms. The van der Waals surface area contributed by atoms with Gasteiger partial charge in [0.05, 0.1) is 4.83 Å². The molecule has 1 N–H and O–H groups in total. The molecule has 0 spiro atoms. The highest BCUT2D eigenvalue weighted by molar-refractivity contribution is 9.10. The van der Waals surface area contributed by atoms with E-state index in [1.165, 1.54) is 25.9 Å². The lowest BCUT2D eigenvalue weighted by Gasteiger charge is -2.30. The number of carbonyl (C=O) groups excluding carboxylic acids is 1. The number of likely N-dealkylation sites (tertiary alicyclic amines) is 1. The van der Waals surface area contributed by atoms with Gasteiger partial charge in [0.2, 0.25) is 5.91 Å². The maximum atomic E-state index is 11.7. The zero-order valence-corrected chi connectivity index (χ0v) is 12.8. The molecule has 17 heavy (non-hydrogen) atoms. The Labute approximate surface area is 113 Å². The van der Waals surface area contributed by atoms with Crippen LogP contribution in [0.15, 0.2) is 0 Å². The number of rotatable bonds is 5. The zero-order chi connectivity index (χ0) is 12.8. The molecule has 1 saturated heterocycles. The van der Waals surface area contributed by atoms with Gasteiger partial charge in [-0.15, -0.1) is 0 Å². The van der Waals surface area contributed by atoms with Crippen molar-refractivity contribution in [3.05, 3.63) is 0 Å². The molecular formula is C13H25BrN2O. The van der Waals surface area contributed by atoms with Gasteiger partial charge in [-0.1, -0.05) is 36.7 Å². The first-order valence-corrected chi connectivity index (χ1v) is 7.56. The van der Waals surface area contributed by atoms with Crippen LogP contribution in [-0.2, 0) is 4.79 Å². The molecular weight excluding hydrogens is 280 g/mol. The number of piperidine rings is 1. The van der Waals surface area contributed by atoms with E-state index < -0.39 is 0 Å². The number of halogens is 1. The fourth-order valence-corrected chi connectivity index (χ4v) is 2.39.